The maximum absolute atomic E-state index is 14.7. The number of amidine groups is 1. The van der Waals surface area contributed by atoms with Crippen LogP contribution in [0, 0.1) is 5.82 Å². The molecule has 8 nitrogen and oxygen atoms in total. The van der Waals surface area contributed by atoms with Crippen molar-refractivity contribution in [1.29, 1.82) is 0 Å². The number of rotatable bonds is 2. The smallest absolute Gasteiger partial charge is 0.283 e. The van der Waals surface area contributed by atoms with Crippen LogP contribution in [0.2, 0.25) is 0 Å². The molecule has 0 saturated heterocycles. The molecule has 0 saturated carbocycles. The van der Waals surface area contributed by atoms with Crippen LogP contribution in [-0.2, 0) is 10.3 Å². The van der Waals surface area contributed by atoms with Crippen molar-refractivity contribution < 1.29 is 18.6 Å². The fourth-order valence-electron chi connectivity index (χ4n) is 3.37. The molecule has 2 heterocycles. The lowest BCUT2D eigenvalue weighted by Gasteiger charge is -2.39. The van der Waals surface area contributed by atoms with Crippen LogP contribution in [-0.4, -0.2) is 19.7 Å². The van der Waals surface area contributed by atoms with Crippen molar-refractivity contribution >= 4 is 11.7 Å². The molecule has 0 aromatic heterocycles. The minimum Gasteiger partial charge on any atom is -0.497 e. The van der Waals surface area contributed by atoms with Gasteiger partial charge in [-0.05, 0) is 29.8 Å². The van der Waals surface area contributed by atoms with Crippen LogP contribution in [0.1, 0.15) is 17.5 Å². The molecule has 0 unspecified atom stereocenters. The number of ether oxygens (including phenoxy) is 3. The molecule has 4 rings (SSSR count). The van der Waals surface area contributed by atoms with Crippen LogP contribution in [0.3, 0.4) is 0 Å². The second-order valence-electron chi connectivity index (χ2n) is 5.87. The van der Waals surface area contributed by atoms with Gasteiger partial charge in [-0.15, -0.1) is 0 Å². The van der Waals surface area contributed by atoms with Gasteiger partial charge in [0.25, 0.3) is 6.02 Å². The molecule has 26 heavy (non-hydrogen) atoms. The van der Waals surface area contributed by atoms with Gasteiger partial charge in [-0.25, -0.2) is 9.38 Å². The van der Waals surface area contributed by atoms with Crippen LogP contribution in [0.25, 0.3) is 10.4 Å². The largest absolute Gasteiger partial charge is 0.497 e. The standard InChI is InChI=1S/C17H14FN5O3/c1-24-10-7-12-15(13(18)8-10)26-14-3-2-9(22-23-20)6-11(14)17(12)4-5-25-16(19)21-17/h2-3,6-8H,4-5H2,1H3,(H2,19,21)/t17-/m0/s1. The molecule has 0 amide bonds. The van der Waals surface area contributed by atoms with Gasteiger partial charge in [-0.3, -0.25) is 0 Å². The number of halogens is 1. The first-order valence-corrected chi connectivity index (χ1v) is 7.81. The summed E-state index contributed by atoms with van der Waals surface area (Å²) in [5.74, 6) is 0.244. The van der Waals surface area contributed by atoms with Gasteiger partial charge in [0.15, 0.2) is 11.6 Å². The lowest BCUT2D eigenvalue weighted by molar-refractivity contribution is 0.217. The van der Waals surface area contributed by atoms with Crippen LogP contribution in [0.5, 0.6) is 17.2 Å². The number of methoxy groups -OCH3 is 1. The summed E-state index contributed by atoms with van der Waals surface area (Å²) in [6.45, 7) is 0.290. The van der Waals surface area contributed by atoms with Crippen molar-refractivity contribution in [3.8, 4) is 17.2 Å². The number of aliphatic imine (C=N–C) groups is 1. The Morgan fingerprint density at radius 1 is 1.35 bits per heavy atom. The molecule has 2 N–H and O–H groups in total. The number of nitrogens with two attached hydrogens (primary N) is 1. The molecule has 9 heteroatoms. The van der Waals surface area contributed by atoms with E-state index in [-0.39, 0.29) is 11.8 Å². The lowest BCUT2D eigenvalue weighted by Crippen LogP contribution is -2.38. The second-order valence-corrected chi connectivity index (χ2v) is 5.87. The zero-order valence-electron chi connectivity index (χ0n) is 13.8. The SMILES string of the molecule is COc1cc(F)c2c(c1)[C@]1(CCOC(N)=N1)c1cc(N=[N+]=[N-])ccc1O2. The van der Waals surface area contributed by atoms with Crippen molar-refractivity contribution in [3.05, 3.63) is 57.7 Å². The van der Waals surface area contributed by atoms with Crippen LogP contribution in [0.4, 0.5) is 10.1 Å². The number of hydrogen-bond donors (Lipinski definition) is 1. The summed E-state index contributed by atoms with van der Waals surface area (Å²) < 4.78 is 30.9. The van der Waals surface area contributed by atoms with E-state index in [2.05, 4.69) is 15.0 Å². The van der Waals surface area contributed by atoms with Crippen LogP contribution < -0.4 is 15.2 Å². The second kappa shape index (κ2) is 5.82. The Bertz CT molecular complexity index is 987. The Hall–Kier alpha value is -3.45. The van der Waals surface area contributed by atoms with Gasteiger partial charge in [0.2, 0.25) is 0 Å². The maximum Gasteiger partial charge on any atom is 0.283 e. The van der Waals surface area contributed by atoms with Gasteiger partial charge in [0, 0.05) is 34.2 Å². The number of hydrogen-bond acceptors (Lipinski definition) is 6. The van der Waals surface area contributed by atoms with Gasteiger partial charge in [-0.1, -0.05) is 5.11 Å². The minimum absolute atomic E-state index is 0.00698. The Morgan fingerprint density at radius 3 is 2.92 bits per heavy atom. The maximum atomic E-state index is 14.7. The average Bonchev–Trinajstić information content (AvgIpc) is 2.63. The monoisotopic (exact) mass is 355 g/mol. The zero-order chi connectivity index (χ0) is 18.3. The third kappa shape index (κ3) is 2.29. The van der Waals surface area contributed by atoms with Crippen molar-refractivity contribution in [2.75, 3.05) is 13.7 Å². The van der Waals surface area contributed by atoms with Gasteiger partial charge < -0.3 is 19.9 Å². The van der Waals surface area contributed by atoms with Crippen molar-refractivity contribution in [2.45, 2.75) is 12.0 Å². The van der Waals surface area contributed by atoms with E-state index < -0.39 is 11.4 Å². The highest BCUT2D eigenvalue weighted by Gasteiger charge is 2.46. The molecular weight excluding hydrogens is 341 g/mol. The van der Waals surface area contributed by atoms with E-state index in [1.54, 1.807) is 24.3 Å². The molecular formula is C17H14FN5O3. The lowest BCUT2D eigenvalue weighted by atomic mass is 9.77. The molecule has 2 aromatic rings. The molecule has 1 spiro atoms. The van der Waals surface area contributed by atoms with E-state index in [0.29, 0.717) is 41.3 Å². The molecule has 0 bridgehead atoms. The summed E-state index contributed by atoms with van der Waals surface area (Å²) in [5, 5.41) is 3.63. The van der Waals surface area contributed by atoms with Crippen molar-refractivity contribution in [2.24, 2.45) is 15.8 Å². The van der Waals surface area contributed by atoms with Gasteiger partial charge in [0.1, 0.15) is 17.0 Å². The van der Waals surface area contributed by atoms with Gasteiger partial charge >= 0.3 is 0 Å². The molecule has 1 atom stereocenters. The van der Waals surface area contributed by atoms with Gasteiger partial charge in [0.05, 0.1) is 13.7 Å². The molecule has 132 valence electrons. The summed E-state index contributed by atoms with van der Waals surface area (Å²) in [4.78, 5) is 7.32. The third-order valence-electron chi connectivity index (χ3n) is 4.49. The average molecular weight is 355 g/mol. The van der Waals surface area contributed by atoms with E-state index in [1.807, 2.05) is 0 Å². The Morgan fingerprint density at radius 2 is 2.19 bits per heavy atom. The fourth-order valence-corrected chi connectivity index (χ4v) is 3.37. The zero-order valence-corrected chi connectivity index (χ0v) is 13.8. The summed E-state index contributed by atoms with van der Waals surface area (Å²) in [5.41, 5.74) is 15.0. The van der Waals surface area contributed by atoms with Crippen LogP contribution >= 0.6 is 0 Å². The molecule has 0 fully saturated rings. The van der Waals surface area contributed by atoms with Crippen molar-refractivity contribution in [3.63, 3.8) is 0 Å². The number of nitrogens with zero attached hydrogens (tertiary/aromatic N) is 4. The highest BCUT2D eigenvalue weighted by atomic mass is 19.1. The molecule has 0 aliphatic carbocycles. The molecule has 0 radical (unpaired) electrons. The molecule has 2 aliphatic rings. The first-order valence-electron chi connectivity index (χ1n) is 7.81. The number of benzene rings is 2. The number of fused-ring (bicyclic) bond motifs is 4. The Balaban J connectivity index is 2.05. The van der Waals surface area contributed by atoms with E-state index in [1.165, 1.54) is 13.2 Å². The number of azide groups is 1. The Labute approximate surface area is 147 Å². The van der Waals surface area contributed by atoms with E-state index in [9.17, 15) is 4.39 Å². The van der Waals surface area contributed by atoms with Crippen molar-refractivity contribution in [1.82, 2.24) is 0 Å². The molecule has 2 aromatic carbocycles. The quantitative estimate of drug-likeness (QED) is 0.500. The summed E-state index contributed by atoms with van der Waals surface area (Å²) >= 11 is 0. The fraction of sp³-hybridized carbons (Fsp3) is 0.235. The highest BCUT2D eigenvalue weighted by molar-refractivity contribution is 5.75. The van der Waals surface area contributed by atoms with Crippen LogP contribution in [0.15, 0.2) is 40.4 Å². The molecule has 2 aliphatic heterocycles. The van der Waals surface area contributed by atoms with E-state index >= 15 is 0 Å². The first kappa shape index (κ1) is 16.0. The summed E-state index contributed by atoms with van der Waals surface area (Å²) in [6, 6.07) is 7.78. The minimum atomic E-state index is -1.03. The highest BCUT2D eigenvalue weighted by Crippen LogP contribution is 2.54. The normalized spacial score (nSPS) is 20.0. The van der Waals surface area contributed by atoms with Gasteiger partial charge in [-0.2, -0.15) is 0 Å². The topological polar surface area (TPSA) is 115 Å². The van der Waals surface area contributed by atoms with E-state index in [0.717, 1.165) is 0 Å². The predicted octanol–water partition coefficient (Wildman–Crippen LogP) is 3.86. The first-order chi connectivity index (χ1) is 12.6. The summed E-state index contributed by atoms with van der Waals surface area (Å²) in [6.07, 6.45) is 0.406. The third-order valence-corrected chi connectivity index (χ3v) is 4.49. The Kier molecular flexibility index (Phi) is 3.59. The predicted molar refractivity (Wildman–Crippen MR) is 91.2 cm³/mol. The summed E-state index contributed by atoms with van der Waals surface area (Å²) in [7, 11) is 1.45. The van der Waals surface area contributed by atoms with E-state index in [4.69, 9.17) is 25.5 Å².